The summed E-state index contributed by atoms with van der Waals surface area (Å²) in [4.78, 5) is 13.8. The van der Waals surface area contributed by atoms with Gasteiger partial charge in [-0.15, -0.1) is 0 Å². The molecule has 0 aromatic heterocycles. The van der Waals surface area contributed by atoms with Crippen LogP contribution in [0.1, 0.15) is 0 Å². The van der Waals surface area contributed by atoms with E-state index in [2.05, 4.69) is 5.32 Å². The SMILES string of the molecule is CNC(=O)C1COCCN1c1c(Cl)cc(N)cc1Cl. The summed E-state index contributed by atoms with van der Waals surface area (Å²) in [6.07, 6.45) is 0. The summed E-state index contributed by atoms with van der Waals surface area (Å²) in [5.41, 5.74) is 6.80. The summed E-state index contributed by atoms with van der Waals surface area (Å²) >= 11 is 12.4. The van der Waals surface area contributed by atoms with Crippen molar-refractivity contribution in [3.8, 4) is 0 Å². The highest BCUT2D eigenvalue weighted by Gasteiger charge is 2.31. The Labute approximate surface area is 121 Å². The van der Waals surface area contributed by atoms with Crippen molar-refractivity contribution in [2.45, 2.75) is 6.04 Å². The number of amides is 1. The second-order valence-corrected chi connectivity index (χ2v) is 5.05. The molecule has 1 aliphatic rings. The number of morpholine rings is 1. The molecule has 1 heterocycles. The van der Waals surface area contributed by atoms with E-state index in [1.165, 1.54) is 0 Å². The number of nitrogen functional groups attached to an aromatic ring is 1. The van der Waals surface area contributed by atoms with Crippen LogP contribution in [-0.4, -0.2) is 38.8 Å². The molecule has 1 aliphatic heterocycles. The third-order valence-electron chi connectivity index (χ3n) is 3.00. The number of anilines is 2. The van der Waals surface area contributed by atoms with Crippen LogP contribution in [0.4, 0.5) is 11.4 Å². The summed E-state index contributed by atoms with van der Waals surface area (Å²) in [6, 6.07) is 2.80. The Hall–Kier alpha value is -1.17. The van der Waals surface area contributed by atoms with Gasteiger partial charge in [0, 0.05) is 19.3 Å². The van der Waals surface area contributed by atoms with Gasteiger partial charge in [0.05, 0.1) is 28.9 Å². The van der Waals surface area contributed by atoms with E-state index in [9.17, 15) is 4.79 Å². The first-order chi connectivity index (χ1) is 9.04. The molecular formula is C12H15Cl2N3O2. The van der Waals surface area contributed by atoms with Crippen molar-refractivity contribution < 1.29 is 9.53 Å². The number of rotatable bonds is 2. The molecule has 0 saturated carbocycles. The van der Waals surface area contributed by atoms with Crippen molar-refractivity contribution in [3.63, 3.8) is 0 Å². The Morgan fingerprint density at radius 3 is 2.68 bits per heavy atom. The molecule has 1 saturated heterocycles. The predicted molar refractivity (Wildman–Crippen MR) is 76.9 cm³/mol. The zero-order valence-corrected chi connectivity index (χ0v) is 12.0. The third kappa shape index (κ3) is 2.88. The minimum Gasteiger partial charge on any atom is -0.399 e. The van der Waals surface area contributed by atoms with Gasteiger partial charge in [0.25, 0.3) is 0 Å². The molecule has 7 heteroatoms. The number of carbonyl (C=O) groups excluding carboxylic acids is 1. The van der Waals surface area contributed by atoms with Gasteiger partial charge >= 0.3 is 0 Å². The summed E-state index contributed by atoms with van der Waals surface area (Å²) in [5, 5.41) is 3.48. The van der Waals surface area contributed by atoms with Crippen LogP contribution in [0.25, 0.3) is 0 Å². The molecule has 1 aromatic carbocycles. The van der Waals surface area contributed by atoms with Gasteiger partial charge in [-0.2, -0.15) is 0 Å². The van der Waals surface area contributed by atoms with E-state index < -0.39 is 6.04 Å². The normalized spacial score (nSPS) is 19.3. The van der Waals surface area contributed by atoms with Gasteiger partial charge in [0.2, 0.25) is 5.91 Å². The van der Waals surface area contributed by atoms with Crippen molar-refractivity contribution >= 4 is 40.5 Å². The molecule has 0 bridgehead atoms. The number of nitrogens with one attached hydrogen (secondary N) is 1. The molecule has 1 aromatic rings. The fourth-order valence-corrected chi connectivity index (χ4v) is 2.84. The zero-order valence-electron chi connectivity index (χ0n) is 10.5. The topological polar surface area (TPSA) is 67.6 Å². The van der Waals surface area contributed by atoms with Crippen molar-refractivity contribution in [1.29, 1.82) is 0 Å². The number of benzene rings is 1. The van der Waals surface area contributed by atoms with Gasteiger partial charge in [0.1, 0.15) is 6.04 Å². The molecule has 1 amide bonds. The maximum absolute atomic E-state index is 11.9. The van der Waals surface area contributed by atoms with Crippen molar-refractivity contribution in [2.24, 2.45) is 0 Å². The standard InChI is InChI=1S/C12H15Cl2N3O2/c1-16-12(18)10-6-19-3-2-17(10)11-8(13)4-7(15)5-9(11)14/h4-5,10H,2-3,6,15H2,1H3,(H,16,18). The summed E-state index contributed by atoms with van der Waals surface area (Å²) in [6.45, 7) is 1.36. The van der Waals surface area contributed by atoms with Crippen molar-refractivity contribution in [3.05, 3.63) is 22.2 Å². The molecular weight excluding hydrogens is 289 g/mol. The zero-order chi connectivity index (χ0) is 14.0. The van der Waals surface area contributed by atoms with E-state index in [0.717, 1.165) is 0 Å². The van der Waals surface area contributed by atoms with Gasteiger partial charge in [-0.1, -0.05) is 23.2 Å². The van der Waals surface area contributed by atoms with E-state index in [4.69, 9.17) is 33.7 Å². The number of nitrogens with zero attached hydrogens (tertiary/aromatic N) is 1. The Balaban J connectivity index is 2.40. The highest BCUT2D eigenvalue weighted by Crippen LogP contribution is 2.37. The van der Waals surface area contributed by atoms with Gasteiger partial charge in [-0.25, -0.2) is 0 Å². The van der Waals surface area contributed by atoms with E-state index >= 15 is 0 Å². The Kier molecular flexibility index (Phi) is 4.39. The molecule has 1 fully saturated rings. The molecule has 0 radical (unpaired) electrons. The van der Waals surface area contributed by atoms with Gasteiger partial charge < -0.3 is 20.7 Å². The molecule has 104 valence electrons. The van der Waals surface area contributed by atoms with E-state index in [1.807, 2.05) is 4.90 Å². The first kappa shape index (κ1) is 14.2. The minimum absolute atomic E-state index is 0.136. The number of hydrogen-bond acceptors (Lipinski definition) is 4. The molecule has 2 rings (SSSR count). The number of carbonyl (C=O) groups is 1. The van der Waals surface area contributed by atoms with Gasteiger partial charge in [-0.05, 0) is 12.1 Å². The number of likely N-dealkylation sites (N-methyl/N-ethyl adjacent to an activating group) is 1. The van der Waals surface area contributed by atoms with E-state index in [0.29, 0.717) is 41.2 Å². The van der Waals surface area contributed by atoms with E-state index in [1.54, 1.807) is 19.2 Å². The van der Waals surface area contributed by atoms with Crippen LogP contribution in [0.15, 0.2) is 12.1 Å². The number of hydrogen-bond donors (Lipinski definition) is 2. The fraction of sp³-hybridized carbons (Fsp3) is 0.417. The first-order valence-electron chi connectivity index (χ1n) is 5.85. The maximum atomic E-state index is 11.9. The van der Waals surface area contributed by atoms with Gasteiger partial charge in [0.15, 0.2) is 0 Å². The minimum atomic E-state index is -0.447. The number of halogens is 2. The molecule has 1 atom stereocenters. The summed E-state index contributed by atoms with van der Waals surface area (Å²) < 4.78 is 5.35. The Morgan fingerprint density at radius 2 is 2.11 bits per heavy atom. The van der Waals surface area contributed by atoms with Crippen LogP contribution >= 0.6 is 23.2 Å². The lowest BCUT2D eigenvalue weighted by Crippen LogP contribution is -2.53. The first-order valence-corrected chi connectivity index (χ1v) is 6.60. The lowest BCUT2D eigenvalue weighted by atomic mass is 10.1. The average molecular weight is 304 g/mol. The highest BCUT2D eigenvalue weighted by molar-refractivity contribution is 6.39. The summed E-state index contributed by atoms with van der Waals surface area (Å²) in [5.74, 6) is -0.136. The number of ether oxygens (including phenoxy) is 1. The third-order valence-corrected chi connectivity index (χ3v) is 3.58. The van der Waals surface area contributed by atoms with E-state index in [-0.39, 0.29) is 5.91 Å². The summed E-state index contributed by atoms with van der Waals surface area (Å²) in [7, 11) is 1.58. The molecule has 0 spiro atoms. The van der Waals surface area contributed by atoms with Crippen LogP contribution in [0.3, 0.4) is 0 Å². The lowest BCUT2D eigenvalue weighted by molar-refractivity contribution is -0.124. The molecule has 19 heavy (non-hydrogen) atoms. The smallest absolute Gasteiger partial charge is 0.244 e. The molecule has 1 unspecified atom stereocenters. The number of nitrogens with two attached hydrogens (primary N) is 1. The predicted octanol–water partition coefficient (Wildman–Crippen LogP) is 1.53. The molecule has 5 nitrogen and oxygen atoms in total. The quantitative estimate of drug-likeness (QED) is 0.813. The highest BCUT2D eigenvalue weighted by atomic mass is 35.5. The fourth-order valence-electron chi connectivity index (χ4n) is 2.11. The largest absolute Gasteiger partial charge is 0.399 e. The molecule has 3 N–H and O–H groups in total. The van der Waals surface area contributed by atoms with Crippen LogP contribution in [0, 0.1) is 0 Å². The Morgan fingerprint density at radius 1 is 1.47 bits per heavy atom. The van der Waals surface area contributed by atoms with Crippen LogP contribution < -0.4 is 16.0 Å². The van der Waals surface area contributed by atoms with Crippen molar-refractivity contribution in [1.82, 2.24) is 5.32 Å². The van der Waals surface area contributed by atoms with Crippen LogP contribution in [0.2, 0.25) is 10.0 Å². The lowest BCUT2D eigenvalue weighted by Gasteiger charge is -2.37. The Bertz CT molecular complexity index is 473. The maximum Gasteiger partial charge on any atom is 0.244 e. The monoisotopic (exact) mass is 303 g/mol. The second kappa shape index (κ2) is 5.86. The second-order valence-electron chi connectivity index (χ2n) is 4.23. The van der Waals surface area contributed by atoms with Crippen molar-refractivity contribution in [2.75, 3.05) is 37.4 Å². The average Bonchev–Trinajstić information content (AvgIpc) is 2.37. The van der Waals surface area contributed by atoms with Crippen LogP contribution in [-0.2, 0) is 9.53 Å². The molecule has 0 aliphatic carbocycles. The van der Waals surface area contributed by atoms with Crippen LogP contribution in [0.5, 0.6) is 0 Å². The van der Waals surface area contributed by atoms with Gasteiger partial charge in [-0.3, -0.25) is 4.79 Å².